The average molecular weight is 220 g/mol. The van der Waals surface area contributed by atoms with E-state index in [2.05, 4.69) is 0 Å². The zero-order chi connectivity index (χ0) is 11.8. The molecule has 86 valence electrons. The van der Waals surface area contributed by atoms with Crippen LogP contribution in [0.5, 0.6) is 0 Å². The van der Waals surface area contributed by atoms with E-state index in [0.717, 1.165) is 12.8 Å². The van der Waals surface area contributed by atoms with Gasteiger partial charge in [0, 0.05) is 0 Å². The van der Waals surface area contributed by atoms with E-state index in [4.69, 9.17) is 5.11 Å². The highest BCUT2D eigenvalue weighted by Gasteiger charge is 2.51. The van der Waals surface area contributed by atoms with E-state index in [9.17, 15) is 9.90 Å². The van der Waals surface area contributed by atoms with Crippen LogP contribution in [-0.4, -0.2) is 16.2 Å². The molecule has 0 aliphatic heterocycles. The van der Waals surface area contributed by atoms with Crippen LogP contribution in [0.4, 0.5) is 0 Å². The molecule has 2 atom stereocenters. The highest BCUT2D eigenvalue weighted by molar-refractivity contribution is 5.71. The smallest absolute Gasteiger partial charge is 0.309 e. The molecule has 16 heavy (non-hydrogen) atoms. The summed E-state index contributed by atoms with van der Waals surface area (Å²) >= 11 is 0. The van der Waals surface area contributed by atoms with Crippen LogP contribution >= 0.6 is 0 Å². The molecule has 0 bridgehead atoms. The van der Waals surface area contributed by atoms with Crippen molar-refractivity contribution in [3.63, 3.8) is 0 Å². The number of rotatable bonds is 4. The van der Waals surface area contributed by atoms with Crippen molar-refractivity contribution in [3.8, 4) is 0 Å². The summed E-state index contributed by atoms with van der Waals surface area (Å²) in [6.45, 7) is 1.58. The van der Waals surface area contributed by atoms with E-state index in [-0.39, 0.29) is 5.92 Å². The van der Waals surface area contributed by atoms with Crippen molar-refractivity contribution in [2.75, 3.05) is 0 Å². The predicted molar refractivity (Wildman–Crippen MR) is 59.9 cm³/mol. The van der Waals surface area contributed by atoms with Crippen molar-refractivity contribution >= 4 is 5.97 Å². The van der Waals surface area contributed by atoms with Gasteiger partial charge in [0.2, 0.25) is 0 Å². The maximum absolute atomic E-state index is 11.1. The molecule has 0 spiro atoms. The summed E-state index contributed by atoms with van der Waals surface area (Å²) in [4.78, 5) is 11.1. The largest absolute Gasteiger partial charge is 0.481 e. The van der Waals surface area contributed by atoms with Crippen LogP contribution in [0, 0.1) is 11.8 Å². The number of benzene rings is 1. The maximum atomic E-state index is 11.1. The number of carboxylic acids is 1. The van der Waals surface area contributed by atoms with Gasteiger partial charge >= 0.3 is 5.97 Å². The number of carbonyl (C=O) groups is 1. The molecule has 1 aliphatic rings. The Morgan fingerprint density at radius 3 is 2.38 bits per heavy atom. The lowest BCUT2D eigenvalue weighted by atomic mass is 9.78. The molecular formula is C13H16O3. The summed E-state index contributed by atoms with van der Waals surface area (Å²) in [6, 6.07) is 9.13. The Bertz CT molecular complexity index is 383. The molecule has 0 aromatic heterocycles. The summed E-state index contributed by atoms with van der Waals surface area (Å²) in [5.74, 6) is -1.64. The second kappa shape index (κ2) is 3.91. The second-order valence-corrected chi connectivity index (χ2v) is 4.53. The summed E-state index contributed by atoms with van der Waals surface area (Å²) in [7, 11) is 0. The van der Waals surface area contributed by atoms with Gasteiger partial charge in [0.25, 0.3) is 0 Å². The van der Waals surface area contributed by atoms with Crippen LogP contribution in [0.25, 0.3) is 0 Å². The van der Waals surface area contributed by atoms with Gasteiger partial charge in [0.1, 0.15) is 5.60 Å². The Labute approximate surface area is 94.7 Å². The Morgan fingerprint density at radius 1 is 1.38 bits per heavy atom. The molecule has 1 aromatic carbocycles. The Kier molecular flexibility index (Phi) is 2.72. The lowest BCUT2D eigenvalue weighted by molar-refractivity contribution is -0.153. The fraction of sp³-hybridized carbons (Fsp3) is 0.462. The molecule has 0 radical (unpaired) electrons. The zero-order valence-corrected chi connectivity index (χ0v) is 9.26. The first kappa shape index (κ1) is 11.1. The summed E-state index contributed by atoms with van der Waals surface area (Å²) in [5.41, 5.74) is -0.500. The Hall–Kier alpha value is -1.35. The quantitative estimate of drug-likeness (QED) is 0.816. The van der Waals surface area contributed by atoms with E-state index in [1.54, 1.807) is 19.1 Å². The molecule has 1 aliphatic carbocycles. The minimum atomic E-state index is -1.22. The third kappa shape index (κ3) is 1.71. The normalized spacial score (nSPS) is 21.1. The van der Waals surface area contributed by atoms with Gasteiger partial charge in [-0.15, -0.1) is 0 Å². The Balaban J connectivity index is 2.39. The maximum Gasteiger partial charge on any atom is 0.309 e. The fourth-order valence-corrected chi connectivity index (χ4v) is 2.26. The van der Waals surface area contributed by atoms with Crippen LogP contribution in [0.1, 0.15) is 25.3 Å². The first-order valence-electron chi connectivity index (χ1n) is 5.57. The number of aliphatic carboxylic acids is 1. The van der Waals surface area contributed by atoms with Crippen molar-refractivity contribution in [2.24, 2.45) is 11.8 Å². The minimum absolute atomic E-state index is 0.0843. The first-order valence-corrected chi connectivity index (χ1v) is 5.57. The van der Waals surface area contributed by atoms with E-state index >= 15 is 0 Å². The molecule has 0 heterocycles. The molecule has 1 fully saturated rings. The van der Waals surface area contributed by atoms with E-state index < -0.39 is 17.5 Å². The molecule has 3 nitrogen and oxygen atoms in total. The lowest BCUT2D eigenvalue weighted by Crippen LogP contribution is -2.40. The third-order valence-corrected chi connectivity index (χ3v) is 3.47. The average Bonchev–Trinajstić information content (AvgIpc) is 3.12. The van der Waals surface area contributed by atoms with Gasteiger partial charge in [0.15, 0.2) is 0 Å². The summed E-state index contributed by atoms with van der Waals surface area (Å²) < 4.78 is 0. The number of hydrogen-bond acceptors (Lipinski definition) is 2. The topological polar surface area (TPSA) is 57.5 Å². The highest BCUT2D eigenvalue weighted by Crippen LogP contribution is 2.49. The van der Waals surface area contributed by atoms with E-state index in [1.807, 2.05) is 18.2 Å². The molecule has 0 saturated heterocycles. The van der Waals surface area contributed by atoms with Crippen molar-refractivity contribution in [1.82, 2.24) is 0 Å². The van der Waals surface area contributed by atoms with Crippen LogP contribution in [0.15, 0.2) is 30.3 Å². The van der Waals surface area contributed by atoms with Crippen molar-refractivity contribution in [2.45, 2.75) is 25.4 Å². The van der Waals surface area contributed by atoms with E-state index in [1.165, 1.54) is 0 Å². The van der Waals surface area contributed by atoms with Gasteiger partial charge in [-0.25, -0.2) is 0 Å². The van der Waals surface area contributed by atoms with Gasteiger partial charge in [-0.2, -0.15) is 0 Å². The standard InChI is InChI=1S/C13H16O3/c1-9(12(14)15)13(16,11-7-8-11)10-5-3-2-4-6-10/h2-6,9,11,16H,7-8H2,1H3,(H,14,15). The lowest BCUT2D eigenvalue weighted by Gasteiger charge is -2.32. The van der Waals surface area contributed by atoms with Crippen molar-refractivity contribution in [1.29, 1.82) is 0 Å². The molecule has 3 heteroatoms. The molecule has 0 amide bonds. The van der Waals surface area contributed by atoms with Gasteiger partial charge in [-0.3, -0.25) is 4.79 Å². The number of hydrogen-bond donors (Lipinski definition) is 2. The van der Waals surface area contributed by atoms with Crippen LogP contribution < -0.4 is 0 Å². The second-order valence-electron chi connectivity index (χ2n) is 4.53. The molecule has 2 N–H and O–H groups in total. The molecule has 2 unspecified atom stereocenters. The van der Waals surface area contributed by atoms with Gasteiger partial charge < -0.3 is 10.2 Å². The van der Waals surface area contributed by atoms with Crippen LogP contribution in [-0.2, 0) is 10.4 Å². The summed E-state index contributed by atoms with van der Waals surface area (Å²) in [5, 5.41) is 19.8. The third-order valence-electron chi connectivity index (χ3n) is 3.47. The monoisotopic (exact) mass is 220 g/mol. The van der Waals surface area contributed by atoms with Crippen molar-refractivity contribution in [3.05, 3.63) is 35.9 Å². The van der Waals surface area contributed by atoms with Crippen LogP contribution in [0.3, 0.4) is 0 Å². The fourth-order valence-electron chi connectivity index (χ4n) is 2.26. The van der Waals surface area contributed by atoms with Gasteiger partial charge in [0.05, 0.1) is 5.92 Å². The predicted octanol–water partition coefficient (Wildman–Crippen LogP) is 2.00. The highest BCUT2D eigenvalue weighted by atomic mass is 16.4. The zero-order valence-electron chi connectivity index (χ0n) is 9.26. The van der Waals surface area contributed by atoms with Crippen molar-refractivity contribution < 1.29 is 15.0 Å². The molecular weight excluding hydrogens is 204 g/mol. The number of carboxylic acid groups (broad SMARTS) is 1. The Morgan fingerprint density at radius 2 is 1.94 bits per heavy atom. The summed E-state index contributed by atoms with van der Waals surface area (Å²) in [6.07, 6.45) is 1.81. The number of aliphatic hydroxyl groups is 1. The first-order chi connectivity index (χ1) is 7.56. The SMILES string of the molecule is CC(C(=O)O)C(O)(c1ccccc1)C1CC1. The van der Waals surface area contributed by atoms with Crippen LogP contribution in [0.2, 0.25) is 0 Å². The molecule has 1 saturated carbocycles. The minimum Gasteiger partial charge on any atom is -0.481 e. The van der Waals surface area contributed by atoms with Gasteiger partial charge in [-0.1, -0.05) is 30.3 Å². The molecule has 1 aromatic rings. The van der Waals surface area contributed by atoms with Gasteiger partial charge in [-0.05, 0) is 31.2 Å². The molecule has 2 rings (SSSR count). The van der Waals surface area contributed by atoms with E-state index in [0.29, 0.717) is 5.56 Å².